The molecule has 0 aliphatic heterocycles. The van der Waals surface area contributed by atoms with Crippen LogP contribution in [-0.2, 0) is 5.41 Å². The predicted octanol–water partition coefficient (Wildman–Crippen LogP) is 12.1. The van der Waals surface area contributed by atoms with Crippen LogP contribution in [0.15, 0.2) is 144 Å². The first-order chi connectivity index (χ1) is 19.9. The normalized spacial score (nSPS) is 17.1. The first-order valence-electron chi connectivity index (χ1n) is 15.4. The van der Waals surface area contributed by atoms with Crippen molar-refractivity contribution in [2.24, 2.45) is 5.41 Å². The average molecular weight is 563 g/mol. The number of rotatable bonds is 13. The largest absolute Gasteiger partial charge is 0.488 e. The molecule has 0 saturated heterocycles. The molecule has 0 bridgehead atoms. The van der Waals surface area contributed by atoms with Crippen LogP contribution in [0.4, 0.5) is 0 Å². The molecule has 1 nitrogen and oxygen atoms in total. The third-order valence-corrected chi connectivity index (χ3v) is 7.73. The van der Waals surface area contributed by atoms with Crippen LogP contribution >= 0.6 is 0 Å². The molecule has 1 aliphatic carbocycles. The van der Waals surface area contributed by atoms with Crippen LogP contribution in [0.5, 0.6) is 5.75 Å². The molecule has 0 saturated carbocycles. The number of hydrogen-bond donors (Lipinski definition) is 0. The molecule has 0 N–H and O–H groups in total. The molecular formula is C41H54O. The molecule has 0 atom stereocenters. The molecule has 2 rings (SSSR count). The van der Waals surface area contributed by atoms with Crippen LogP contribution < -0.4 is 4.74 Å². The van der Waals surface area contributed by atoms with Gasteiger partial charge in [0, 0.05) is 0 Å². The topological polar surface area (TPSA) is 9.23 Å². The highest BCUT2D eigenvalue weighted by Crippen LogP contribution is 2.56. The molecule has 0 radical (unpaired) electrons. The number of benzene rings is 1. The highest BCUT2D eigenvalue weighted by atomic mass is 16.5. The molecule has 0 heterocycles. The van der Waals surface area contributed by atoms with Gasteiger partial charge >= 0.3 is 0 Å². The zero-order valence-electron chi connectivity index (χ0n) is 28.0. The Bertz CT molecular complexity index is 1300. The van der Waals surface area contributed by atoms with E-state index >= 15 is 0 Å². The van der Waals surface area contributed by atoms with Gasteiger partial charge in [0.1, 0.15) is 11.4 Å². The van der Waals surface area contributed by atoms with Crippen LogP contribution in [-0.4, -0.2) is 5.60 Å². The van der Waals surface area contributed by atoms with Gasteiger partial charge < -0.3 is 4.74 Å². The smallest absolute Gasteiger partial charge is 0.120 e. The fourth-order valence-corrected chi connectivity index (χ4v) is 5.98. The van der Waals surface area contributed by atoms with Crippen molar-refractivity contribution in [1.29, 1.82) is 0 Å². The average Bonchev–Trinajstić information content (AvgIpc) is 3.16. The van der Waals surface area contributed by atoms with Crippen molar-refractivity contribution in [2.45, 2.75) is 93.1 Å². The lowest BCUT2D eigenvalue weighted by Gasteiger charge is -2.37. The van der Waals surface area contributed by atoms with Crippen molar-refractivity contribution in [3.05, 3.63) is 149 Å². The van der Waals surface area contributed by atoms with Gasteiger partial charge in [0.15, 0.2) is 0 Å². The minimum Gasteiger partial charge on any atom is -0.488 e. The fourth-order valence-electron chi connectivity index (χ4n) is 5.98. The van der Waals surface area contributed by atoms with Crippen LogP contribution in [0.2, 0.25) is 0 Å². The quantitative estimate of drug-likeness (QED) is 0.217. The minimum absolute atomic E-state index is 0.0339. The van der Waals surface area contributed by atoms with Crippen molar-refractivity contribution >= 4 is 0 Å². The Morgan fingerprint density at radius 1 is 0.738 bits per heavy atom. The lowest BCUT2D eigenvalue weighted by molar-refractivity contribution is 0.0985. The Morgan fingerprint density at radius 3 is 1.62 bits per heavy atom. The summed E-state index contributed by atoms with van der Waals surface area (Å²) in [6, 6.07) is 8.71. The summed E-state index contributed by atoms with van der Waals surface area (Å²) in [4.78, 5) is 0. The van der Waals surface area contributed by atoms with E-state index in [1.165, 1.54) is 33.4 Å². The Balaban J connectivity index is 3.15. The number of allylic oxidation sites excluding steroid dienone is 18. The second kappa shape index (κ2) is 15.1. The van der Waals surface area contributed by atoms with Crippen molar-refractivity contribution in [3.63, 3.8) is 0 Å². The summed E-state index contributed by atoms with van der Waals surface area (Å²) in [5.41, 5.74) is 7.46. The molecule has 0 aromatic heterocycles. The molecule has 1 aromatic rings. The van der Waals surface area contributed by atoms with E-state index in [0.717, 1.165) is 24.2 Å². The summed E-state index contributed by atoms with van der Waals surface area (Å²) >= 11 is 0. The summed E-state index contributed by atoms with van der Waals surface area (Å²) in [5, 5.41) is 0. The van der Waals surface area contributed by atoms with Crippen LogP contribution in [0.1, 0.15) is 87.6 Å². The predicted molar refractivity (Wildman–Crippen MR) is 187 cm³/mol. The molecule has 1 aliphatic rings. The third kappa shape index (κ3) is 7.43. The van der Waals surface area contributed by atoms with Gasteiger partial charge in [0.25, 0.3) is 0 Å². The van der Waals surface area contributed by atoms with E-state index in [0.29, 0.717) is 0 Å². The van der Waals surface area contributed by atoms with Gasteiger partial charge in [0.2, 0.25) is 0 Å². The monoisotopic (exact) mass is 562 g/mol. The van der Waals surface area contributed by atoms with E-state index in [4.69, 9.17) is 4.74 Å². The lowest BCUT2D eigenvalue weighted by atomic mass is 9.65. The molecule has 0 spiro atoms. The van der Waals surface area contributed by atoms with Crippen LogP contribution in [0, 0.1) is 5.41 Å². The van der Waals surface area contributed by atoms with E-state index in [-0.39, 0.29) is 11.0 Å². The maximum atomic E-state index is 6.45. The highest BCUT2D eigenvalue weighted by molar-refractivity contribution is 5.77. The van der Waals surface area contributed by atoms with Crippen molar-refractivity contribution in [1.82, 2.24) is 0 Å². The summed E-state index contributed by atoms with van der Waals surface area (Å²) < 4.78 is 6.45. The highest BCUT2D eigenvalue weighted by Gasteiger charge is 2.47. The summed E-state index contributed by atoms with van der Waals surface area (Å²) in [6.07, 6.45) is 28.1. The summed E-state index contributed by atoms with van der Waals surface area (Å²) in [7, 11) is 0. The van der Waals surface area contributed by atoms with E-state index in [1.54, 1.807) is 0 Å². The maximum Gasteiger partial charge on any atom is 0.120 e. The molecule has 42 heavy (non-hydrogen) atoms. The van der Waals surface area contributed by atoms with Gasteiger partial charge in [-0.1, -0.05) is 132 Å². The van der Waals surface area contributed by atoms with E-state index in [2.05, 4.69) is 167 Å². The summed E-state index contributed by atoms with van der Waals surface area (Å²) in [5.74, 6) is 0.881. The molecular weight excluding hydrogens is 508 g/mol. The molecule has 224 valence electrons. The Kier molecular flexibility index (Phi) is 12.4. The van der Waals surface area contributed by atoms with Gasteiger partial charge in [-0.25, -0.2) is 0 Å². The van der Waals surface area contributed by atoms with Crippen LogP contribution in [0.3, 0.4) is 0 Å². The number of hydrogen-bond acceptors (Lipinski definition) is 1. The van der Waals surface area contributed by atoms with Gasteiger partial charge in [0.05, 0.1) is 5.41 Å². The van der Waals surface area contributed by atoms with Gasteiger partial charge in [-0.05, 0) is 105 Å². The first-order valence-corrected chi connectivity index (χ1v) is 15.4. The molecule has 0 fully saturated rings. The Morgan fingerprint density at radius 2 is 1.24 bits per heavy atom. The minimum atomic E-state index is -0.595. The zero-order chi connectivity index (χ0) is 31.6. The van der Waals surface area contributed by atoms with Gasteiger partial charge in [-0.3, -0.25) is 0 Å². The van der Waals surface area contributed by atoms with E-state index < -0.39 is 5.41 Å². The standard InChI is InChI=1S/C41H54O/c1-13-20-35-36(21-14-2)38(23-16-4)41(37(35)22-15-3,32(19-7)25-24-31(18-6)39(8,9)10)33-26-28-34(29-27-33)42-40(11,12)30-17-5/h13-16,18-29H,6-7,17,30H2,1-5,8-12H3/b20-13-,21-14-,22-15-,23-16-,31-24+,32-25+. The van der Waals surface area contributed by atoms with Gasteiger partial charge in [-0.15, -0.1) is 0 Å². The molecule has 0 amide bonds. The second-order valence-corrected chi connectivity index (χ2v) is 12.4. The number of ether oxygens (including phenoxy) is 1. The maximum absolute atomic E-state index is 6.45. The lowest BCUT2D eigenvalue weighted by Crippen LogP contribution is -2.31. The Labute approximate surface area is 257 Å². The van der Waals surface area contributed by atoms with Crippen molar-refractivity contribution < 1.29 is 4.74 Å². The third-order valence-electron chi connectivity index (χ3n) is 7.73. The zero-order valence-corrected chi connectivity index (χ0v) is 28.0. The second-order valence-electron chi connectivity index (χ2n) is 12.4. The summed E-state index contributed by atoms with van der Waals surface area (Å²) in [6.45, 7) is 30.0. The van der Waals surface area contributed by atoms with Crippen molar-refractivity contribution in [3.8, 4) is 5.75 Å². The van der Waals surface area contributed by atoms with Crippen LogP contribution in [0.25, 0.3) is 0 Å². The molecule has 0 unspecified atom stereocenters. The van der Waals surface area contributed by atoms with E-state index in [9.17, 15) is 0 Å². The Hall–Kier alpha value is -3.58. The molecule has 1 aromatic carbocycles. The van der Waals surface area contributed by atoms with Gasteiger partial charge in [-0.2, -0.15) is 0 Å². The van der Waals surface area contributed by atoms with E-state index in [1.807, 2.05) is 12.2 Å². The first kappa shape index (κ1) is 34.6. The fraction of sp³-hybridized carbons (Fsp3) is 0.366. The SMILES string of the molecule is C=C/C(=C\C=C(/C=C)C1(c2ccc(OC(C)(C)CCC)cc2)C(/C=C\C)=C(/C=C\C)C(/C=C\C)=C1/C=C\C)C(C)(C)C. The molecule has 1 heteroatoms. The van der Waals surface area contributed by atoms with Crippen molar-refractivity contribution in [2.75, 3.05) is 0 Å².